The fraction of sp³-hybridized carbons (Fsp3) is 0.750. The third-order valence-corrected chi connectivity index (χ3v) is 5.88. The van der Waals surface area contributed by atoms with Gasteiger partial charge in [0.25, 0.3) is 5.56 Å². The first-order chi connectivity index (χ1) is 12.7. The van der Waals surface area contributed by atoms with Crippen molar-refractivity contribution < 1.29 is 4.79 Å². The molecule has 0 spiro atoms. The predicted octanol–water partition coefficient (Wildman–Crippen LogP) is 2.71. The predicted molar refractivity (Wildman–Crippen MR) is 103 cm³/mol. The maximum absolute atomic E-state index is 12.2. The minimum atomic E-state index is -0.0526. The number of rotatable bonds is 6. The van der Waals surface area contributed by atoms with E-state index >= 15 is 0 Å². The van der Waals surface area contributed by atoms with Crippen LogP contribution in [0.15, 0.2) is 17.1 Å². The molecule has 1 aliphatic heterocycles. The monoisotopic (exact) mass is 360 g/mol. The van der Waals surface area contributed by atoms with E-state index < -0.39 is 0 Å². The van der Waals surface area contributed by atoms with Crippen LogP contribution >= 0.6 is 0 Å². The van der Waals surface area contributed by atoms with E-state index in [0.717, 1.165) is 44.0 Å². The molecule has 2 heterocycles. The van der Waals surface area contributed by atoms with Crippen LogP contribution in [0.2, 0.25) is 0 Å². The molecule has 2 fully saturated rings. The number of piperidine rings is 1. The molecule has 1 aliphatic carbocycles. The molecule has 1 amide bonds. The Morgan fingerprint density at radius 3 is 2.58 bits per heavy atom. The topological polar surface area (TPSA) is 67.2 Å². The summed E-state index contributed by atoms with van der Waals surface area (Å²) in [7, 11) is 0. The summed E-state index contributed by atoms with van der Waals surface area (Å²) in [6.45, 7) is 4.21. The second-order valence-corrected chi connectivity index (χ2v) is 7.74. The van der Waals surface area contributed by atoms with Crippen molar-refractivity contribution in [3.63, 3.8) is 0 Å². The first-order valence-corrected chi connectivity index (χ1v) is 10.3. The number of nitrogens with zero attached hydrogens (tertiary/aromatic N) is 3. The highest BCUT2D eigenvalue weighted by atomic mass is 16.1. The van der Waals surface area contributed by atoms with Gasteiger partial charge in [0.2, 0.25) is 5.91 Å². The molecule has 0 atom stereocenters. The highest BCUT2D eigenvalue weighted by Gasteiger charge is 2.22. The number of anilines is 1. The average Bonchev–Trinajstić information content (AvgIpc) is 2.68. The summed E-state index contributed by atoms with van der Waals surface area (Å²) < 4.78 is 1.46. The van der Waals surface area contributed by atoms with Gasteiger partial charge >= 0.3 is 0 Å². The van der Waals surface area contributed by atoms with E-state index in [9.17, 15) is 9.59 Å². The average molecular weight is 361 g/mol. The van der Waals surface area contributed by atoms with Crippen LogP contribution < -0.4 is 15.8 Å². The van der Waals surface area contributed by atoms with Crippen LogP contribution in [0, 0.1) is 5.92 Å². The van der Waals surface area contributed by atoms with Gasteiger partial charge in [0, 0.05) is 38.2 Å². The largest absolute Gasteiger partial charge is 0.370 e. The maximum Gasteiger partial charge on any atom is 0.268 e. The molecule has 0 radical (unpaired) electrons. The number of hydrogen-bond donors (Lipinski definition) is 1. The first kappa shape index (κ1) is 18.9. The van der Waals surface area contributed by atoms with Crippen molar-refractivity contribution in [3.8, 4) is 0 Å². The summed E-state index contributed by atoms with van der Waals surface area (Å²) in [5, 5.41) is 7.41. The summed E-state index contributed by atoms with van der Waals surface area (Å²) >= 11 is 0. The van der Waals surface area contributed by atoms with Crippen LogP contribution in [0.3, 0.4) is 0 Å². The fourth-order valence-corrected chi connectivity index (χ4v) is 4.23. The normalized spacial score (nSPS) is 19.5. The van der Waals surface area contributed by atoms with Crippen molar-refractivity contribution in [2.24, 2.45) is 5.92 Å². The van der Waals surface area contributed by atoms with Crippen LogP contribution in [0.5, 0.6) is 0 Å². The number of carbonyl (C=O) groups excluding carboxylic acids is 1. The second-order valence-electron chi connectivity index (χ2n) is 7.74. The Hall–Kier alpha value is -1.85. The van der Waals surface area contributed by atoms with Gasteiger partial charge in [-0.2, -0.15) is 5.10 Å². The van der Waals surface area contributed by atoms with Gasteiger partial charge < -0.3 is 10.2 Å². The second kappa shape index (κ2) is 9.19. The molecule has 1 saturated heterocycles. The molecule has 26 heavy (non-hydrogen) atoms. The minimum Gasteiger partial charge on any atom is -0.370 e. The summed E-state index contributed by atoms with van der Waals surface area (Å²) in [6.07, 6.45) is 12.0. The van der Waals surface area contributed by atoms with Gasteiger partial charge in [0.05, 0.1) is 11.9 Å². The molecule has 0 unspecified atom stereocenters. The molecule has 6 nitrogen and oxygen atoms in total. The van der Waals surface area contributed by atoms with Crippen LogP contribution in [0.25, 0.3) is 0 Å². The molecule has 0 bridgehead atoms. The number of aryl methyl sites for hydroxylation is 1. The summed E-state index contributed by atoms with van der Waals surface area (Å²) in [6, 6.07) is 1.92. The lowest BCUT2D eigenvalue weighted by Crippen LogP contribution is -2.45. The van der Waals surface area contributed by atoms with Gasteiger partial charge in [-0.1, -0.05) is 32.1 Å². The molecule has 1 aromatic heterocycles. The Bertz CT molecular complexity index is 643. The van der Waals surface area contributed by atoms with E-state index in [2.05, 4.69) is 15.3 Å². The Morgan fingerprint density at radius 1 is 1.19 bits per heavy atom. The van der Waals surface area contributed by atoms with E-state index in [4.69, 9.17) is 0 Å². The Balaban J connectivity index is 1.41. The SMILES string of the molecule is CCn1ncc(N2CCC(NC(=O)CCC3CCCCC3)CC2)cc1=O. The van der Waals surface area contributed by atoms with Crippen molar-refractivity contribution in [2.45, 2.75) is 77.3 Å². The molecule has 144 valence electrons. The molecule has 1 N–H and O–H groups in total. The molecular formula is C20H32N4O2. The summed E-state index contributed by atoms with van der Waals surface area (Å²) in [4.78, 5) is 26.4. The lowest BCUT2D eigenvalue weighted by molar-refractivity contribution is -0.122. The van der Waals surface area contributed by atoms with Gasteiger partial charge in [-0.25, -0.2) is 4.68 Å². The van der Waals surface area contributed by atoms with Crippen LogP contribution in [-0.4, -0.2) is 34.8 Å². The molecule has 6 heteroatoms. The van der Waals surface area contributed by atoms with E-state index in [1.807, 2.05) is 6.92 Å². The smallest absolute Gasteiger partial charge is 0.268 e. The molecule has 1 aromatic rings. The number of carbonyl (C=O) groups is 1. The van der Waals surface area contributed by atoms with E-state index in [-0.39, 0.29) is 17.5 Å². The Labute approximate surface area is 156 Å². The number of hydrogen-bond acceptors (Lipinski definition) is 4. The summed E-state index contributed by atoms with van der Waals surface area (Å²) in [5.41, 5.74) is 0.838. The van der Waals surface area contributed by atoms with Crippen molar-refractivity contribution in [3.05, 3.63) is 22.6 Å². The molecule has 0 aromatic carbocycles. The molecule has 2 aliphatic rings. The highest BCUT2D eigenvalue weighted by molar-refractivity contribution is 5.76. The first-order valence-electron chi connectivity index (χ1n) is 10.3. The maximum atomic E-state index is 12.2. The van der Waals surface area contributed by atoms with Gasteiger partial charge in [-0.3, -0.25) is 9.59 Å². The lowest BCUT2D eigenvalue weighted by Gasteiger charge is -2.33. The van der Waals surface area contributed by atoms with Crippen LogP contribution in [-0.2, 0) is 11.3 Å². The molecular weight excluding hydrogens is 328 g/mol. The molecule has 1 saturated carbocycles. The van der Waals surface area contributed by atoms with Gasteiger partial charge in [-0.05, 0) is 32.1 Å². The lowest BCUT2D eigenvalue weighted by atomic mass is 9.86. The third-order valence-electron chi connectivity index (χ3n) is 5.88. The van der Waals surface area contributed by atoms with Crippen molar-refractivity contribution >= 4 is 11.6 Å². The number of nitrogens with one attached hydrogen (secondary N) is 1. The van der Waals surface area contributed by atoms with E-state index in [1.165, 1.54) is 36.8 Å². The van der Waals surface area contributed by atoms with Gasteiger partial charge in [-0.15, -0.1) is 0 Å². The summed E-state index contributed by atoms with van der Waals surface area (Å²) in [5.74, 6) is 0.968. The number of amides is 1. The standard InChI is InChI=1S/C20H32N4O2/c1-2-24-20(26)14-18(15-21-24)23-12-10-17(11-13-23)22-19(25)9-8-16-6-4-3-5-7-16/h14-17H,2-13H2,1H3,(H,22,25). The third kappa shape index (κ3) is 5.08. The van der Waals surface area contributed by atoms with E-state index in [1.54, 1.807) is 12.3 Å². The zero-order valence-electron chi connectivity index (χ0n) is 16.0. The quantitative estimate of drug-likeness (QED) is 0.847. The zero-order chi connectivity index (χ0) is 18.4. The fourth-order valence-electron chi connectivity index (χ4n) is 4.23. The van der Waals surface area contributed by atoms with Crippen LogP contribution in [0.1, 0.15) is 64.7 Å². The number of aromatic nitrogens is 2. The molecule has 3 rings (SSSR count). The van der Waals surface area contributed by atoms with Crippen molar-refractivity contribution in [1.82, 2.24) is 15.1 Å². The Kier molecular flexibility index (Phi) is 6.69. The van der Waals surface area contributed by atoms with Gasteiger partial charge in [0.1, 0.15) is 0 Å². The minimum absolute atomic E-state index is 0.0526. The van der Waals surface area contributed by atoms with Gasteiger partial charge in [0.15, 0.2) is 0 Å². The van der Waals surface area contributed by atoms with Crippen molar-refractivity contribution in [2.75, 3.05) is 18.0 Å². The van der Waals surface area contributed by atoms with E-state index in [0.29, 0.717) is 13.0 Å². The Morgan fingerprint density at radius 2 is 1.92 bits per heavy atom. The highest BCUT2D eigenvalue weighted by Crippen LogP contribution is 2.27. The zero-order valence-corrected chi connectivity index (χ0v) is 16.0. The van der Waals surface area contributed by atoms with Crippen LogP contribution in [0.4, 0.5) is 5.69 Å². The van der Waals surface area contributed by atoms with Crippen molar-refractivity contribution in [1.29, 1.82) is 0 Å².